The van der Waals surface area contributed by atoms with Crippen LogP contribution in [0.3, 0.4) is 0 Å². The van der Waals surface area contributed by atoms with E-state index in [0.29, 0.717) is 10.6 Å². The Morgan fingerprint density at radius 3 is 2.59 bits per heavy atom. The number of imide groups is 2. The molecule has 0 atom stereocenters. The van der Waals surface area contributed by atoms with Gasteiger partial charge in [0.25, 0.3) is 11.8 Å². The van der Waals surface area contributed by atoms with Crippen molar-refractivity contribution < 1.29 is 29.0 Å². The molecule has 0 spiro atoms. The molecule has 2 aromatic rings. The van der Waals surface area contributed by atoms with Crippen molar-refractivity contribution in [2.45, 2.75) is 6.92 Å². The molecule has 9 heteroatoms. The third kappa shape index (κ3) is 3.70. The minimum atomic E-state index is -1.23. The molecule has 148 valence electrons. The molecule has 0 bridgehead atoms. The molecule has 2 aromatic carbocycles. The molecule has 3 rings (SSSR count). The summed E-state index contributed by atoms with van der Waals surface area (Å²) in [5.41, 5.74) is 0.539. The van der Waals surface area contributed by atoms with Gasteiger partial charge in [-0.1, -0.05) is 23.7 Å². The summed E-state index contributed by atoms with van der Waals surface area (Å²) in [4.78, 5) is 49.7. The molecule has 1 aliphatic heterocycles. The molecular weight excluding hydrogens is 400 g/mol. The standard InChI is InChI=1S/C20H15ClN2O6/c1-10-14(21)4-3-5-15(10)23-18(25)13(17(24)22-20(23)28)9-11-6-7-16(29-2)12(8-11)19(26)27/h3-9H,1-2H3,(H,26,27)(H,22,24,28)/b13-9+. The van der Waals surface area contributed by atoms with E-state index in [-0.39, 0.29) is 28.1 Å². The fourth-order valence-electron chi connectivity index (χ4n) is 2.86. The van der Waals surface area contributed by atoms with Gasteiger partial charge in [-0.15, -0.1) is 0 Å². The minimum Gasteiger partial charge on any atom is -0.496 e. The number of rotatable bonds is 4. The summed E-state index contributed by atoms with van der Waals surface area (Å²) in [5, 5.41) is 11.8. The van der Waals surface area contributed by atoms with E-state index >= 15 is 0 Å². The lowest BCUT2D eigenvalue weighted by molar-refractivity contribution is -0.122. The molecule has 1 saturated heterocycles. The van der Waals surface area contributed by atoms with Crippen molar-refractivity contribution in [2.75, 3.05) is 12.0 Å². The molecule has 0 aromatic heterocycles. The summed E-state index contributed by atoms with van der Waals surface area (Å²) in [6.07, 6.45) is 1.21. The number of methoxy groups -OCH3 is 1. The lowest BCUT2D eigenvalue weighted by Crippen LogP contribution is -2.54. The van der Waals surface area contributed by atoms with Gasteiger partial charge in [0.05, 0.1) is 12.8 Å². The highest BCUT2D eigenvalue weighted by molar-refractivity contribution is 6.40. The Bertz CT molecular complexity index is 1090. The van der Waals surface area contributed by atoms with Gasteiger partial charge >= 0.3 is 12.0 Å². The Balaban J connectivity index is 2.07. The van der Waals surface area contributed by atoms with E-state index in [1.165, 1.54) is 37.5 Å². The van der Waals surface area contributed by atoms with Crippen molar-refractivity contribution in [3.8, 4) is 5.75 Å². The third-order valence-corrected chi connectivity index (χ3v) is 4.76. The zero-order valence-corrected chi connectivity index (χ0v) is 16.1. The number of hydrogen-bond donors (Lipinski definition) is 2. The van der Waals surface area contributed by atoms with Crippen LogP contribution in [-0.2, 0) is 9.59 Å². The van der Waals surface area contributed by atoms with E-state index in [2.05, 4.69) is 5.32 Å². The van der Waals surface area contributed by atoms with E-state index < -0.39 is 23.8 Å². The second-order valence-corrected chi connectivity index (χ2v) is 6.51. The zero-order chi connectivity index (χ0) is 21.3. The van der Waals surface area contributed by atoms with Crippen LogP contribution >= 0.6 is 11.6 Å². The van der Waals surface area contributed by atoms with Crippen LogP contribution in [0, 0.1) is 6.92 Å². The third-order valence-electron chi connectivity index (χ3n) is 4.35. The second-order valence-electron chi connectivity index (χ2n) is 6.11. The van der Waals surface area contributed by atoms with E-state index in [4.69, 9.17) is 16.3 Å². The van der Waals surface area contributed by atoms with Crippen molar-refractivity contribution >= 4 is 47.2 Å². The predicted molar refractivity (Wildman–Crippen MR) is 105 cm³/mol. The van der Waals surface area contributed by atoms with Gasteiger partial charge in [0.2, 0.25) is 0 Å². The van der Waals surface area contributed by atoms with Crippen LogP contribution in [0.1, 0.15) is 21.5 Å². The first-order valence-electron chi connectivity index (χ1n) is 8.32. The molecule has 0 unspecified atom stereocenters. The molecule has 29 heavy (non-hydrogen) atoms. The van der Waals surface area contributed by atoms with Crippen molar-refractivity contribution in [1.82, 2.24) is 5.32 Å². The van der Waals surface area contributed by atoms with Crippen LogP contribution in [0.25, 0.3) is 6.08 Å². The van der Waals surface area contributed by atoms with Gasteiger partial charge in [0.15, 0.2) is 0 Å². The summed E-state index contributed by atoms with van der Waals surface area (Å²) in [6, 6.07) is 7.98. The maximum atomic E-state index is 12.9. The average molecular weight is 415 g/mol. The lowest BCUT2D eigenvalue weighted by Gasteiger charge is -2.27. The number of anilines is 1. The highest BCUT2D eigenvalue weighted by atomic mass is 35.5. The van der Waals surface area contributed by atoms with E-state index in [0.717, 1.165) is 4.90 Å². The number of carboxylic acid groups (broad SMARTS) is 1. The van der Waals surface area contributed by atoms with Crippen LogP contribution in [0.15, 0.2) is 42.0 Å². The number of benzene rings is 2. The minimum absolute atomic E-state index is 0.130. The SMILES string of the molecule is COc1ccc(/C=C2\C(=O)NC(=O)N(c3cccc(Cl)c3C)C2=O)cc1C(=O)O. The van der Waals surface area contributed by atoms with Gasteiger partial charge in [-0.25, -0.2) is 14.5 Å². The number of amides is 4. The van der Waals surface area contributed by atoms with Crippen LogP contribution in [-0.4, -0.2) is 36.0 Å². The first kappa shape index (κ1) is 20.1. The quantitative estimate of drug-likeness (QED) is 0.587. The molecule has 8 nitrogen and oxygen atoms in total. The number of urea groups is 1. The van der Waals surface area contributed by atoms with E-state index in [1.807, 2.05) is 0 Å². The monoisotopic (exact) mass is 414 g/mol. The molecule has 2 N–H and O–H groups in total. The van der Waals surface area contributed by atoms with Crippen LogP contribution in [0.4, 0.5) is 10.5 Å². The number of carboxylic acids is 1. The van der Waals surface area contributed by atoms with Crippen LogP contribution in [0.5, 0.6) is 5.75 Å². The van der Waals surface area contributed by atoms with Crippen molar-refractivity contribution in [3.05, 3.63) is 63.7 Å². The molecule has 0 radical (unpaired) electrons. The van der Waals surface area contributed by atoms with E-state index in [1.54, 1.807) is 19.1 Å². The van der Waals surface area contributed by atoms with Gasteiger partial charge < -0.3 is 9.84 Å². The molecule has 0 aliphatic carbocycles. The molecule has 4 amide bonds. The largest absolute Gasteiger partial charge is 0.496 e. The number of aromatic carboxylic acids is 1. The van der Waals surface area contributed by atoms with Gasteiger partial charge in [0.1, 0.15) is 16.9 Å². The normalized spacial score (nSPS) is 15.5. The molecule has 1 aliphatic rings. The first-order chi connectivity index (χ1) is 13.7. The van der Waals surface area contributed by atoms with Crippen molar-refractivity contribution in [1.29, 1.82) is 0 Å². The highest BCUT2D eigenvalue weighted by Crippen LogP contribution is 2.30. The smallest absolute Gasteiger partial charge is 0.339 e. The van der Waals surface area contributed by atoms with E-state index in [9.17, 15) is 24.3 Å². The topological polar surface area (TPSA) is 113 Å². The number of nitrogens with zero attached hydrogens (tertiary/aromatic N) is 1. The lowest BCUT2D eigenvalue weighted by atomic mass is 10.0. The summed E-state index contributed by atoms with van der Waals surface area (Å²) in [6.45, 7) is 1.64. The molecule has 0 saturated carbocycles. The highest BCUT2D eigenvalue weighted by Gasteiger charge is 2.37. The Labute approximate surface area is 170 Å². The summed E-state index contributed by atoms with van der Waals surface area (Å²) in [5.74, 6) is -2.83. The fourth-order valence-corrected chi connectivity index (χ4v) is 3.03. The maximum Gasteiger partial charge on any atom is 0.339 e. The fraction of sp³-hybridized carbons (Fsp3) is 0.100. The number of carbonyl (C=O) groups excluding carboxylic acids is 3. The first-order valence-corrected chi connectivity index (χ1v) is 8.70. The number of barbiturate groups is 1. The maximum absolute atomic E-state index is 12.9. The van der Waals surface area contributed by atoms with Crippen LogP contribution < -0.4 is 15.0 Å². The Morgan fingerprint density at radius 2 is 1.93 bits per heavy atom. The number of halogens is 1. The van der Waals surface area contributed by atoms with Gasteiger partial charge in [-0.2, -0.15) is 0 Å². The summed E-state index contributed by atoms with van der Waals surface area (Å²) in [7, 11) is 1.33. The van der Waals surface area contributed by atoms with Crippen molar-refractivity contribution in [3.63, 3.8) is 0 Å². The Morgan fingerprint density at radius 1 is 1.21 bits per heavy atom. The van der Waals surface area contributed by atoms with Gasteiger partial charge in [-0.3, -0.25) is 14.9 Å². The average Bonchev–Trinajstić information content (AvgIpc) is 2.68. The number of nitrogens with one attached hydrogen (secondary N) is 1. The van der Waals surface area contributed by atoms with Gasteiger partial charge in [-0.05, 0) is 48.4 Å². The molecule has 1 heterocycles. The Hall–Kier alpha value is -3.65. The second kappa shape index (κ2) is 7.76. The molecule has 1 fully saturated rings. The van der Waals surface area contributed by atoms with Crippen LogP contribution in [0.2, 0.25) is 5.02 Å². The molecular formula is C20H15ClN2O6. The number of carbonyl (C=O) groups is 4. The Kier molecular flexibility index (Phi) is 5.38. The zero-order valence-electron chi connectivity index (χ0n) is 15.4. The number of hydrogen-bond acceptors (Lipinski definition) is 5. The summed E-state index contributed by atoms with van der Waals surface area (Å²) >= 11 is 6.08. The number of ether oxygens (including phenoxy) is 1. The van der Waals surface area contributed by atoms with Gasteiger partial charge in [0, 0.05) is 5.02 Å². The summed E-state index contributed by atoms with van der Waals surface area (Å²) < 4.78 is 4.99. The van der Waals surface area contributed by atoms with Crippen molar-refractivity contribution in [2.24, 2.45) is 0 Å². The predicted octanol–water partition coefficient (Wildman–Crippen LogP) is 3.02.